The number of anilines is 2. The summed E-state index contributed by atoms with van der Waals surface area (Å²) in [5.74, 6) is 1.68. The van der Waals surface area contributed by atoms with E-state index in [2.05, 4.69) is 16.5 Å². The number of benzene rings is 1. The molecule has 1 fully saturated rings. The van der Waals surface area contributed by atoms with Crippen LogP contribution in [0.15, 0.2) is 24.3 Å². The van der Waals surface area contributed by atoms with Gasteiger partial charge in [0.1, 0.15) is 17.5 Å². The lowest BCUT2D eigenvalue weighted by Crippen LogP contribution is -2.05. The van der Waals surface area contributed by atoms with E-state index in [4.69, 9.17) is 5.73 Å². The van der Waals surface area contributed by atoms with E-state index in [1.807, 2.05) is 31.2 Å². The number of hydrogen-bond acceptors (Lipinski definition) is 4. The summed E-state index contributed by atoms with van der Waals surface area (Å²) in [7, 11) is 0. The number of nitrogen functional groups attached to an aromatic ring is 1. The summed E-state index contributed by atoms with van der Waals surface area (Å²) in [6.45, 7) is 2.87. The van der Waals surface area contributed by atoms with E-state index >= 15 is 0 Å². The van der Waals surface area contributed by atoms with Gasteiger partial charge >= 0.3 is 0 Å². The van der Waals surface area contributed by atoms with Crippen molar-refractivity contribution in [2.75, 3.05) is 17.6 Å². The highest BCUT2D eigenvalue weighted by Crippen LogP contribution is 2.30. The van der Waals surface area contributed by atoms with Crippen molar-refractivity contribution in [2.45, 2.75) is 19.8 Å². The molecule has 3 N–H and O–H groups in total. The van der Waals surface area contributed by atoms with E-state index < -0.39 is 0 Å². The van der Waals surface area contributed by atoms with Crippen LogP contribution in [0.2, 0.25) is 0 Å². The fourth-order valence-electron chi connectivity index (χ4n) is 2.18. The van der Waals surface area contributed by atoms with Crippen molar-refractivity contribution < 1.29 is 0 Å². The second-order valence-electron chi connectivity index (χ2n) is 5.30. The summed E-state index contributed by atoms with van der Waals surface area (Å²) in [4.78, 5) is 0. The molecule has 0 bridgehead atoms. The molecule has 5 heteroatoms. The molecule has 0 unspecified atom stereocenters. The van der Waals surface area contributed by atoms with Gasteiger partial charge in [0, 0.05) is 6.54 Å². The average Bonchev–Trinajstić information content (AvgIpc) is 3.20. The third kappa shape index (κ3) is 2.32. The Morgan fingerprint density at radius 3 is 2.95 bits per heavy atom. The fraction of sp³-hybridized carbons (Fsp3) is 0.333. The minimum absolute atomic E-state index is 0.386. The van der Waals surface area contributed by atoms with Crippen LogP contribution in [0.3, 0.4) is 0 Å². The molecule has 5 nitrogen and oxygen atoms in total. The van der Waals surface area contributed by atoms with Gasteiger partial charge < -0.3 is 11.1 Å². The van der Waals surface area contributed by atoms with Crippen LogP contribution in [-0.4, -0.2) is 16.3 Å². The highest BCUT2D eigenvalue weighted by molar-refractivity contribution is 5.66. The number of aryl methyl sites for hydroxylation is 1. The number of nitriles is 1. The summed E-state index contributed by atoms with van der Waals surface area (Å²) in [5, 5.41) is 17.0. The number of aromatic nitrogens is 2. The molecule has 0 radical (unpaired) electrons. The molecule has 0 aliphatic heterocycles. The smallest absolute Gasteiger partial charge is 0.168 e. The number of nitrogens with zero attached hydrogens (tertiary/aromatic N) is 3. The molecular weight excluding hydrogens is 250 g/mol. The van der Waals surface area contributed by atoms with Gasteiger partial charge in [0.25, 0.3) is 0 Å². The number of nitrogens with two attached hydrogens (primary N) is 1. The topological polar surface area (TPSA) is 79.7 Å². The van der Waals surface area contributed by atoms with Gasteiger partial charge in [-0.15, -0.1) is 5.10 Å². The van der Waals surface area contributed by atoms with Crippen LogP contribution in [0, 0.1) is 24.2 Å². The van der Waals surface area contributed by atoms with E-state index in [9.17, 15) is 5.26 Å². The Morgan fingerprint density at radius 2 is 2.30 bits per heavy atom. The Hall–Kier alpha value is -2.48. The van der Waals surface area contributed by atoms with Crippen LogP contribution >= 0.6 is 0 Å². The molecule has 1 saturated carbocycles. The summed E-state index contributed by atoms with van der Waals surface area (Å²) < 4.78 is 1.63. The highest BCUT2D eigenvalue weighted by atomic mass is 15.3. The first-order chi connectivity index (χ1) is 9.69. The largest absolute Gasteiger partial charge is 0.382 e. The maximum atomic E-state index is 9.27. The Morgan fingerprint density at radius 1 is 1.50 bits per heavy atom. The van der Waals surface area contributed by atoms with Crippen LogP contribution in [0.25, 0.3) is 5.69 Å². The quantitative estimate of drug-likeness (QED) is 0.891. The van der Waals surface area contributed by atoms with E-state index in [0.717, 1.165) is 17.8 Å². The number of rotatable bonds is 4. The second kappa shape index (κ2) is 4.89. The first-order valence-electron chi connectivity index (χ1n) is 6.78. The first-order valence-corrected chi connectivity index (χ1v) is 6.78. The third-order valence-electron chi connectivity index (χ3n) is 3.53. The summed E-state index contributed by atoms with van der Waals surface area (Å²) in [6, 6.07) is 10.0. The molecule has 0 saturated heterocycles. The minimum Gasteiger partial charge on any atom is -0.382 e. The zero-order valence-corrected chi connectivity index (χ0v) is 11.4. The zero-order chi connectivity index (χ0) is 14.1. The molecule has 1 heterocycles. The molecule has 2 aromatic rings. The summed E-state index contributed by atoms with van der Waals surface area (Å²) in [5.41, 5.74) is 8.48. The molecule has 20 heavy (non-hydrogen) atoms. The SMILES string of the molecule is Cc1cccc(-n2nc(NCC3CC3)c(C#N)c2N)c1. The molecule has 1 aliphatic carbocycles. The maximum absolute atomic E-state index is 9.27. The highest BCUT2D eigenvalue weighted by Gasteiger charge is 2.23. The Labute approximate surface area is 118 Å². The van der Waals surface area contributed by atoms with E-state index in [1.165, 1.54) is 12.8 Å². The first kappa shape index (κ1) is 12.5. The number of nitrogens with one attached hydrogen (secondary N) is 1. The van der Waals surface area contributed by atoms with Crippen molar-refractivity contribution >= 4 is 11.6 Å². The standard InChI is InChI=1S/C15H17N5/c1-10-3-2-4-12(7-10)20-14(17)13(8-16)15(19-20)18-9-11-5-6-11/h2-4,7,11H,5-6,9,17H2,1H3,(H,18,19). The summed E-state index contributed by atoms with van der Waals surface area (Å²) in [6.07, 6.45) is 2.51. The van der Waals surface area contributed by atoms with Crippen molar-refractivity contribution in [3.05, 3.63) is 35.4 Å². The summed E-state index contributed by atoms with van der Waals surface area (Å²) >= 11 is 0. The monoisotopic (exact) mass is 267 g/mol. The lowest BCUT2D eigenvalue weighted by atomic mass is 10.2. The van der Waals surface area contributed by atoms with E-state index in [1.54, 1.807) is 4.68 Å². The van der Waals surface area contributed by atoms with Crippen molar-refractivity contribution in [1.82, 2.24) is 9.78 Å². The van der Waals surface area contributed by atoms with E-state index in [-0.39, 0.29) is 0 Å². The van der Waals surface area contributed by atoms with Gasteiger partial charge in [-0.2, -0.15) is 5.26 Å². The number of hydrogen-bond donors (Lipinski definition) is 2. The molecular formula is C15H17N5. The normalized spacial score (nSPS) is 14.0. The third-order valence-corrected chi connectivity index (χ3v) is 3.53. The fourth-order valence-corrected chi connectivity index (χ4v) is 2.18. The van der Waals surface area contributed by atoms with Gasteiger partial charge in [0.15, 0.2) is 5.82 Å². The molecule has 102 valence electrons. The van der Waals surface area contributed by atoms with E-state index in [0.29, 0.717) is 23.1 Å². The lowest BCUT2D eigenvalue weighted by Gasteiger charge is -2.04. The predicted octanol–water partition coefficient (Wildman–Crippen LogP) is 2.46. The van der Waals surface area contributed by atoms with Gasteiger partial charge in [-0.1, -0.05) is 12.1 Å². The molecule has 3 rings (SSSR count). The minimum atomic E-state index is 0.386. The van der Waals surface area contributed by atoms with Gasteiger partial charge in [-0.25, -0.2) is 4.68 Å². The predicted molar refractivity (Wildman–Crippen MR) is 78.6 cm³/mol. The van der Waals surface area contributed by atoms with Gasteiger partial charge in [0.2, 0.25) is 0 Å². The Bertz CT molecular complexity index is 676. The van der Waals surface area contributed by atoms with Crippen LogP contribution in [0.4, 0.5) is 11.6 Å². The molecule has 0 amide bonds. The van der Waals surface area contributed by atoms with Gasteiger partial charge in [0.05, 0.1) is 5.69 Å². The Balaban J connectivity index is 1.96. The van der Waals surface area contributed by atoms with Crippen LogP contribution in [0.1, 0.15) is 24.0 Å². The van der Waals surface area contributed by atoms with Crippen LogP contribution in [-0.2, 0) is 0 Å². The van der Waals surface area contributed by atoms with Crippen molar-refractivity contribution in [3.63, 3.8) is 0 Å². The van der Waals surface area contributed by atoms with Crippen LogP contribution in [0.5, 0.6) is 0 Å². The van der Waals surface area contributed by atoms with Crippen molar-refractivity contribution in [3.8, 4) is 11.8 Å². The van der Waals surface area contributed by atoms with Gasteiger partial charge in [-0.05, 0) is 43.4 Å². The molecule has 0 atom stereocenters. The molecule has 1 aliphatic rings. The maximum Gasteiger partial charge on any atom is 0.168 e. The lowest BCUT2D eigenvalue weighted by molar-refractivity contribution is 0.854. The molecule has 0 spiro atoms. The van der Waals surface area contributed by atoms with Crippen molar-refractivity contribution in [2.24, 2.45) is 5.92 Å². The zero-order valence-electron chi connectivity index (χ0n) is 11.4. The van der Waals surface area contributed by atoms with Crippen molar-refractivity contribution in [1.29, 1.82) is 5.26 Å². The van der Waals surface area contributed by atoms with Crippen LogP contribution < -0.4 is 11.1 Å². The molecule has 1 aromatic carbocycles. The molecule has 1 aromatic heterocycles. The average molecular weight is 267 g/mol. The van der Waals surface area contributed by atoms with Gasteiger partial charge in [-0.3, -0.25) is 0 Å². The Kier molecular flexibility index (Phi) is 3.07. The second-order valence-corrected chi connectivity index (χ2v) is 5.30.